The summed E-state index contributed by atoms with van der Waals surface area (Å²) in [4.78, 5) is 12.3. The first-order valence-electron chi connectivity index (χ1n) is 6.57. The van der Waals surface area contributed by atoms with Crippen LogP contribution in [-0.4, -0.2) is 45.9 Å². The molecular formula is C14H19ClN2O4. The zero-order valence-electron chi connectivity index (χ0n) is 12.2. The van der Waals surface area contributed by atoms with Crippen LogP contribution in [0.25, 0.3) is 0 Å². The fourth-order valence-corrected chi connectivity index (χ4v) is 2.49. The summed E-state index contributed by atoms with van der Waals surface area (Å²) >= 11 is 6.04. The van der Waals surface area contributed by atoms with Crippen molar-refractivity contribution in [2.75, 3.05) is 33.2 Å². The van der Waals surface area contributed by atoms with Crippen LogP contribution in [0, 0.1) is 0 Å². The Bertz CT molecular complexity index is 524. The van der Waals surface area contributed by atoms with Crippen molar-refractivity contribution in [3.63, 3.8) is 0 Å². The summed E-state index contributed by atoms with van der Waals surface area (Å²) < 4.78 is 15.6. The lowest BCUT2D eigenvalue weighted by molar-refractivity contribution is -0.118. The van der Waals surface area contributed by atoms with Gasteiger partial charge in [0.2, 0.25) is 5.91 Å². The molecule has 0 spiro atoms. The van der Waals surface area contributed by atoms with Gasteiger partial charge < -0.3 is 24.8 Å². The maximum atomic E-state index is 12.3. The number of anilines is 1. The Morgan fingerprint density at radius 1 is 1.29 bits per heavy atom. The summed E-state index contributed by atoms with van der Waals surface area (Å²) in [5.41, 5.74) is 0.520. The Balaban J connectivity index is 2.13. The SMILES string of the molecule is COc1cc(NC(=O)C2CC(OC)CN2)c(OC)cc1Cl. The molecule has 21 heavy (non-hydrogen) atoms. The van der Waals surface area contributed by atoms with Crippen molar-refractivity contribution in [1.29, 1.82) is 0 Å². The van der Waals surface area contributed by atoms with E-state index in [0.717, 1.165) is 0 Å². The summed E-state index contributed by atoms with van der Waals surface area (Å²) in [5, 5.41) is 6.37. The fourth-order valence-electron chi connectivity index (χ4n) is 2.26. The van der Waals surface area contributed by atoms with Gasteiger partial charge in [0, 0.05) is 25.8 Å². The van der Waals surface area contributed by atoms with E-state index in [1.165, 1.54) is 14.2 Å². The second-order valence-corrected chi connectivity index (χ2v) is 5.14. The maximum absolute atomic E-state index is 12.3. The Morgan fingerprint density at radius 2 is 2.00 bits per heavy atom. The Morgan fingerprint density at radius 3 is 2.57 bits per heavy atom. The number of carbonyl (C=O) groups excluding carboxylic acids is 1. The highest BCUT2D eigenvalue weighted by Crippen LogP contribution is 2.36. The molecule has 1 amide bonds. The summed E-state index contributed by atoms with van der Waals surface area (Å²) in [7, 11) is 4.67. The third-order valence-electron chi connectivity index (χ3n) is 3.47. The summed E-state index contributed by atoms with van der Waals surface area (Å²) in [6.45, 7) is 0.662. The number of benzene rings is 1. The highest BCUT2D eigenvalue weighted by molar-refractivity contribution is 6.32. The average Bonchev–Trinajstić information content (AvgIpc) is 2.97. The average molecular weight is 315 g/mol. The monoisotopic (exact) mass is 314 g/mol. The molecule has 1 aromatic carbocycles. The van der Waals surface area contributed by atoms with Gasteiger partial charge in [-0.2, -0.15) is 0 Å². The van der Waals surface area contributed by atoms with Gasteiger partial charge in [-0.15, -0.1) is 0 Å². The lowest BCUT2D eigenvalue weighted by Gasteiger charge is -2.15. The van der Waals surface area contributed by atoms with Crippen molar-refractivity contribution in [3.05, 3.63) is 17.2 Å². The van der Waals surface area contributed by atoms with Gasteiger partial charge in [-0.25, -0.2) is 0 Å². The minimum atomic E-state index is -0.290. The first-order valence-corrected chi connectivity index (χ1v) is 6.95. The molecular weight excluding hydrogens is 296 g/mol. The molecule has 0 radical (unpaired) electrons. The Hall–Kier alpha value is -1.50. The molecule has 116 valence electrons. The van der Waals surface area contributed by atoms with Crippen LogP contribution in [0.15, 0.2) is 12.1 Å². The molecule has 1 aromatic rings. The van der Waals surface area contributed by atoms with E-state index in [9.17, 15) is 4.79 Å². The van der Waals surface area contributed by atoms with Crippen LogP contribution in [0.1, 0.15) is 6.42 Å². The lowest BCUT2D eigenvalue weighted by atomic mass is 10.2. The number of halogens is 1. The van der Waals surface area contributed by atoms with Gasteiger partial charge in [-0.05, 0) is 6.42 Å². The molecule has 2 unspecified atom stereocenters. The van der Waals surface area contributed by atoms with Crippen molar-refractivity contribution < 1.29 is 19.0 Å². The van der Waals surface area contributed by atoms with E-state index in [2.05, 4.69) is 10.6 Å². The zero-order chi connectivity index (χ0) is 15.4. The van der Waals surface area contributed by atoms with Crippen molar-refractivity contribution in [2.45, 2.75) is 18.6 Å². The molecule has 1 aliphatic rings. The molecule has 7 heteroatoms. The van der Waals surface area contributed by atoms with E-state index in [0.29, 0.717) is 35.2 Å². The molecule has 0 bridgehead atoms. The quantitative estimate of drug-likeness (QED) is 0.865. The molecule has 0 saturated carbocycles. The number of carbonyl (C=O) groups is 1. The van der Waals surface area contributed by atoms with E-state index in [-0.39, 0.29) is 18.1 Å². The second kappa shape index (κ2) is 6.98. The largest absolute Gasteiger partial charge is 0.495 e. The molecule has 0 aliphatic carbocycles. The number of methoxy groups -OCH3 is 3. The van der Waals surface area contributed by atoms with Crippen molar-refractivity contribution in [2.24, 2.45) is 0 Å². The van der Waals surface area contributed by atoms with Crippen LogP contribution in [0.3, 0.4) is 0 Å². The summed E-state index contributed by atoms with van der Waals surface area (Å²) in [6, 6.07) is 2.96. The molecule has 2 atom stereocenters. The number of rotatable bonds is 5. The first-order chi connectivity index (χ1) is 10.1. The van der Waals surface area contributed by atoms with Gasteiger partial charge >= 0.3 is 0 Å². The van der Waals surface area contributed by atoms with E-state index in [1.807, 2.05) is 0 Å². The predicted octanol–water partition coefficient (Wildman–Crippen LogP) is 1.67. The molecule has 6 nitrogen and oxygen atoms in total. The second-order valence-electron chi connectivity index (χ2n) is 4.73. The van der Waals surface area contributed by atoms with Gasteiger partial charge in [-0.3, -0.25) is 4.79 Å². The Kier molecular flexibility index (Phi) is 5.27. The van der Waals surface area contributed by atoms with Gasteiger partial charge in [0.05, 0.1) is 37.1 Å². The first kappa shape index (κ1) is 15.9. The normalized spacial score (nSPS) is 21.1. The third kappa shape index (κ3) is 3.58. The number of amides is 1. The van der Waals surface area contributed by atoms with Crippen LogP contribution in [0.5, 0.6) is 11.5 Å². The van der Waals surface area contributed by atoms with Crippen LogP contribution >= 0.6 is 11.6 Å². The Labute approximate surface area is 128 Å². The molecule has 1 saturated heterocycles. The van der Waals surface area contributed by atoms with E-state index in [4.69, 9.17) is 25.8 Å². The molecule has 2 rings (SSSR count). The van der Waals surface area contributed by atoms with E-state index >= 15 is 0 Å². The van der Waals surface area contributed by atoms with Gasteiger partial charge in [-0.1, -0.05) is 11.6 Å². The summed E-state index contributed by atoms with van der Waals surface area (Å²) in [6.07, 6.45) is 0.692. The smallest absolute Gasteiger partial charge is 0.241 e. The van der Waals surface area contributed by atoms with E-state index in [1.54, 1.807) is 19.2 Å². The maximum Gasteiger partial charge on any atom is 0.241 e. The highest BCUT2D eigenvalue weighted by Gasteiger charge is 2.29. The van der Waals surface area contributed by atoms with Crippen LogP contribution in [-0.2, 0) is 9.53 Å². The van der Waals surface area contributed by atoms with Crippen molar-refractivity contribution in [1.82, 2.24) is 5.32 Å². The van der Waals surface area contributed by atoms with Gasteiger partial charge in [0.1, 0.15) is 11.5 Å². The molecule has 0 aromatic heterocycles. The lowest BCUT2D eigenvalue weighted by Crippen LogP contribution is -2.35. The number of hydrogen-bond donors (Lipinski definition) is 2. The minimum Gasteiger partial charge on any atom is -0.495 e. The van der Waals surface area contributed by atoms with Gasteiger partial charge in [0.25, 0.3) is 0 Å². The van der Waals surface area contributed by atoms with Crippen LogP contribution in [0.2, 0.25) is 5.02 Å². The standard InChI is InChI=1S/C14H19ClN2O4/c1-19-8-4-11(16-7-8)14(18)17-10-6-12(20-2)9(15)5-13(10)21-3/h5-6,8,11,16H,4,7H2,1-3H3,(H,17,18). The number of hydrogen-bond acceptors (Lipinski definition) is 5. The minimum absolute atomic E-state index is 0.0578. The van der Waals surface area contributed by atoms with Crippen molar-refractivity contribution >= 4 is 23.2 Å². The summed E-state index contributed by atoms with van der Waals surface area (Å²) in [5.74, 6) is 0.814. The van der Waals surface area contributed by atoms with Crippen LogP contribution in [0.4, 0.5) is 5.69 Å². The molecule has 1 fully saturated rings. The number of nitrogens with one attached hydrogen (secondary N) is 2. The van der Waals surface area contributed by atoms with Crippen LogP contribution < -0.4 is 20.1 Å². The zero-order valence-corrected chi connectivity index (χ0v) is 13.0. The predicted molar refractivity (Wildman–Crippen MR) is 80.4 cm³/mol. The highest BCUT2D eigenvalue weighted by atomic mass is 35.5. The fraction of sp³-hybridized carbons (Fsp3) is 0.500. The topological polar surface area (TPSA) is 68.8 Å². The molecule has 1 heterocycles. The molecule has 2 N–H and O–H groups in total. The van der Waals surface area contributed by atoms with Gasteiger partial charge in [0.15, 0.2) is 0 Å². The van der Waals surface area contributed by atoms with E-state index < -0.39 is 0 Å². The third-order valence-corrected chi connectivity index (χ3v) is 3.77. The van der Waals surface area contributed by atoms with Crippen molar-refractivity contribution in [3.8, 4) is 11.5 Å². The molecule has 1 aliphatic heterocycles. The number of ether oxygens (including phenoxy) is 3.